The van der Waals surface area contributed by atoms with Gasteiger partial charge in [-0.15, -0.1) is 0 Å². The number of rotatable bonds is 1. The molecule has 3 heteroatoms. The van der Waals surface area contributed by atoms with E-state index in [1.807, 2.05) is 0 Å². The molecule has 4 rings (SSSR count). The van der Waals surface area contributed by atoms with Gasteiger partial charge in [0.05, 0.1) is 11.2 Å². The molecule has 2 fully saturated rings. The van der Waals surface area contributed by atoms with Gasteiger partial charge >= 0.3 is 7.12 Å². The van der Waals surface area contributed by atoms with Crippen molar-refractivity contribution in [3.8, 4) is 0 Å². The lowest BCUT2D eigenvalue weighted by molar-refractivity contribution is 0.187. The summed E-state index contributed by atoms with van der Waals surface area (Å²) < 4.78 is 12.2. The summed E-state index contributed by atoms with van der Waals surface area (Å²) in [4.78, 5) is 0. The molecule has 2 unspecified atom stereocenters. The van der Waals surface area contributed by atoms with Crippen molar-refractivity contribution < 1.29 is 9.31 Å². The van der Waals surface area contributed by atoms with Crippen molar-refractivity contribution in [1.29, 1.82) is 0 Å². The van der Waals surface area contributed by atoms with E-state index in [0.717, 1.165) is 6.42 Å². The summed E-state index contributed by atoms with van der Waals surface area (Å²) in [5, 5.41) is 0. The molecule has 2 nitrogen and oxygen atoms in total. The number of hydrogen-bond acceptors (Lipinski definition) is 2. The molecule has 0 radical (unpaired) electrons. The van der Waals surface area contributed by atoms with Gasteiger partial charge in [-0.05, 0) is 49.7 Å². The zero-order chi connectivity index (χ0) is 11.7. The van der Waals surface area contributed by atoms with E-state index in [0.29, 0.717) is 0 Å². The highest BCUT2D eigenvalue weighted by molar-refractivity contribution is 6.63. The van der Waals surface area contributed by atoms with Crippen molar-refractivity contribution in [2.24, 2.45) is 0 Å². The summed E-state index contributed by atoms with van der Waals surface area (Å²) in [6.45, 7) is 4.33. The summed E-state index contributed by atoms with van der Waals surface area (Å²) in [5.41, 5.74) is 4.16. The normalized spacial score (nSPS) is 38.1. The highest BCUT2D eigenvalue weighted by atomic mass is 16.7. The summed E-state index contributed by atoms with van der Waals surface area (Å²) in [5.74, 6) is 0. The van der Waals surface area contributed by atoms with E-state index in [-0.39, 0.29) is 18.3 Å². The van der Waals surface area contributed by atoms with E-state index in [2.05, 4.69) is 32.0 Å². The Morgan fingerprint density at radius 2 is 1.88 bits per heavy atom. The second kappa shape index (κ2) is 2.96. The molecular formula is C14H17BO2. The molecule has 0 spiro atoms. The van der Waals surface area contributed by atoms with Crippen molar-refractivity contribution in [3.63, 3.8) is 0 Å². The van der Waals surface area contributed by atoms with Crippen LogP contribution in [0.2, 0.25) is 0 Å². The Morgan fingerprint density at radius 3 is 2.65 bits per heavy atom. The molecule has 1 aromatic carbocycles. The van der Waals surface area contributed by atoms with Crippen LogP contribution in [-0.2, 0) is 22.2 Å². The maximum atomic E-state index is 6.11. The zero-order valence-electron chi connectivity index (χ0n) is 10.5. The third-order valence-electron chi connectivity index (χ3n) is 4.84. The zero-order valence-corrected chi connectivity index (χ0v) is 10.5. The lowest BCUT2D eigenvalue weighted by Crippen LogP contribution is -2.38. The van der Waals surface area contributed by atoms with Crippen molar-refractivity contribution >= 4 is 12.6 Å². The lowest BCUT2D eigenvalue weighted by atomic mass is 9.75. The van der Waals surface area contributed by atoms with Gasteiger partial charge in [0.2, 0.25) is 0 Å². The van der Waals surface area contributed by atoms with E-state index in [9.17, 15) is 0 Å². The van der Waals surface area contributed by atoms with Gasteiger partial charge in [0, 0.05) is 6.42 Å². The summed E-state index contributed by atoms with van der Waals surface area (Å²) in [6, 6.07) is 6.55. The topological polar surface area (TPSA) is 18.5 Å². The van der Waals surface area contributed by atoms with E-state index < -0.39 is 0 Å². The molecule has 2 aliphatic carbocycles. The molecule has 88 valence electrons. The first-order valence-corrected chi connectivity index (χ1v) is 6.58. The first-order chi connectivity index (χ1) is 8.11. The van der Waals surface area contributed by atoms with Crippen LogP contribution in [-0.4, -0.2) is 18.3 Å². The van der Waals surface area contributed by atoms with Gasteiger partial charge in [-0.25, -0.2) is 0 Å². The number of aryl methyl sites for hydroxylation is 1. The molecule has 2 atom stereocenters. The summed E-state index contributed by atoms with van der Waals surface area (Å²) >= 11 is 0. The Kier molecular flexibility index (Phi) is 1.77. The van der Waals surface area contributed by atoms with Crippen molar-refractivity contribution in [2.45, 2.75) is 50.7 Å². The van der Waals surface area contributed by atoms with Crippen LogP contribution in [0.15, 0.2) is 18.2 Å². The number of hydrogen-bond donors (Lipinski definition) is 0. The largest absolute Gasteiger partial charge is 0.495 e. The predicted octanol–water partition coefficient (Wildman–Crippen LogP) is 1.84. The first-order valence-electron chi connectivity index (χ1n) is 6.58. The van der Waals surface area contributed by atoms with E-state index in [1.165, 1.54) is 35.9 Å². The van der Waals surface area contributed by atoms with Crippen molar-refractivity contribution in [2.75, 3.05) is 0 Å². The molecule has 0 N–H and O–H groups in total. The fourth-order valence-corrected chi connectivity index (χ4v) is 3.43. The smallest absolute Gasteiger partial charge is 0.399 e. The van der Waals surface area contributed by atoms with E-state index in [4.69, 9.17) is 9.31 Å². The monoisotopic (exact) mass is 228 g/mol. The Morgan fingerprint density at radius 1 is 1.12 bits per heavy atom. The Bertz CT molecular complexity index is 485. The van der Waals surface area contributed by atoms with Crippen LogP contribution in [0.1, 0.15) is 37.8 Å². The Labute approximate surface area is 102 Å². The van der Waals surface area contributed by atoms with E-state index in [1.54, 1.807) is 0 Å². The standard InChI is InChI=1S/C14H17BO2/c1-13-9-14(13,2)17-15(16-13)12-8-4-6-10-5-3-7-11(10)12/h4,6,8H,3,5,7,9H2,1-2H3. The molecule has 1 aliphatic heterocycles. The predicted molar refractivity (Wildman–Crippen MR) is 67.5 cm³/mol. The van der Waals surface area contributed by atoms with Crippen LogP contribution in [0.25, 0.3) is 0 Å². The second-order valence-corrected chi connectivity index (χ2v) is 6.04. The molecule has 3 aliphatic rings. The minimum absolute atomic E-state index is 0.0427. The van der Waals surface area contributed by atoms with Gasteiger partial charge in [-0.3, -0.25) is 0 Å². The molecule has 1 saturated heterocycles. The quantitative estimate of drug-likeness (QED) is 0.683. The molecular weight excluding hydrogens is 211 g/mol. The average molecular weight is 228 g/mol. The fraction of sp³-hybridized carbons (Fsp3) is 0.571. The summed E-state index contributed by atoms with van der Waals surface area (Å²) in [6.07, 6.45) is 4.70. The molecule has 1 aromatic rings. The number of benzene rings is 1. The molecule has 0 bridgehead atoms. The average Bonchev–Trinajstić information content (AvgIpc) is 2.69. The minimum Gasteiger partial charge on any atom is -0.399 e. The highest BCUT2D eigenvalue weighted by Crippen LogP contribution is 2.58. The first kappa shape index (κ1) is 10.2. The molecule has 0 amide bonds. The van der Waals surface area contributed by atoms with Crippen LogP contribution in [0.4, 0.5) is 0 Å². The third-order valence-corrected chi connectivity index (χ3v) is 4.84. The van der Waals surface area contributed by atoms with Gasteiger partial charge in [0.1, 0.15) is 0 Å². The summed E-state index contributed by atoms with van der Waals surface area (Å²) in [7, 11) is -0.133. The van der Waals surface area contributed by atoms with Crippen molar-refractivity contribution in [1.82, 2.24) is 0 Å². The Hall–Kier alpha value is -0.795. The molecule has 1 heterocycles. The van der Waals surface area contributed by atoms with E-state index >= 15 is 0 Å². The Balaban J connectivity index is 1.71. The van der Waals surface area contributed by atoms with Gasteiger partial charge in [-0.1, -0.05) is 18.2 Å². The number of fused-ring (bicyclic) bond motifs is 2. The molecule has 1 saturated carbocycles. The highest BCUT2D eigenvalue weighted by Gasteiger charge is 2.71. The maximum Gasteiger partial charge on any atom is 0.495 e. The van der Waals surface area contributed by atoms with Crippen LogP contribution in [0, 0.1) is 0 Å². The minimum atomic E-state index is -0.133. The van der Waals surface area contributed by atoms with Crippen LogP contribution >= 0.6 is 0 Å². The van der Waals surface area contributed by atoms with Gasteiger partial charge in [0.15, 0.2) is 0 Å². The van der Waals surface area contributed by atoms with Gasteiger partial charge < -0.3 is 9.31 Å². The maximum absolute atomic E-state index is 6.11. The third kappa shape index (κ3) is 1.24. The van der Waals surface area contributed by atoms with Gasteiger partial charge in [-0.2, -0.15) is 0 Å². The van der Waals surface area contributed by atoms with Crippen molar-refractivity contribution in [3.05, 3.63) is 29.3 Å². The molecule has 0 aromatic heterocycles. The lowest BCUT2D eigenvalue weighted by Gasteiger charge is -2.14. The van der Waals surface area contributed by atoms with Crippen LogP contribution in [0.5, 0.6) is 0 Å². The van der Waals surface area contributed by atoms with Gasteiger partial charge in [0.25, 0.3) is 0 Å². The van der Waals surface area contributed by atoms with Crippen LogP contribution in [0.3, 0.4) is 0 Å². The molecule has 17 heavy (non-hydrogen) atoms. The fourth-order valence-electron chi connectivity index (χ4n) is 3.43. The second-order valence-electron chi connectivity index (χ2n) is 6.04. The van der Waals surface area contributed by atoms with Crippen LogP contribution < -0.4 is 5.46 Å². The SMILES string of the molecule is CC12CC1(C)OB(c1cccc3c1CCC3)O2.